The van der Waals surface area contributed by atoms with E-state index in [9.17, 15) is 4.79 Å². The van der Waals surface area contributed by atoms with Gasteiger partial charge in [-0.25, -0.2) is 0 Å². The molecule has 0 aliphatic heterocycles. The second-order valence-corrected chi connectivity index (χ2v) is 5.65. The third-order valence-corrected chi connectivity index (χ3v) is 4.10. The number of H-pyrrole nitrogens is 1. The highest BCUT2D eigenvalue weighted by Gasteiger charge is 2.14. The number of amides is 1. The van der Waals surface area contributed by atoms with Crippen LogP contribution in [0.4, 0.5) is 5.69 Å². The molecule has 1 amide bonds. The molecule has 0 saturated heterocycles. The normalized spacial score (nSPS) is 12.1. The maximum atomic E-state index is 12.4. The Morgan fingerprint density at radius 2 is 2.00 bits per heavy atom. The molecule has 3 aromatic rings. The predicted molar refractivity (Wildman–Crippen MR) is 92.7 cm³/mol. The summed E-state index contributed by atoms with van der Waals surface area (Å²) >= 11 is 0. The van der Waals surface area contributed by atoms with E-state index in [2.05, 4.69) is 39.5 Å². The number of para-hydroxylation sites is 2. The summed E-state index contributed by atoms with van der Waals surface area (Å²) in [6, 6.07) is 15.9. The Morgan fingerprint density at radius 3 is 2.78 bits per heavy atom. The second kappa shape index (κ2) is 6.52. The summed E-state index contributed by atoms with van der Waals surface area (Å²) in [5, 5.41) is 10.8. The van der Waals surface area contributed by atoms with Crippen LogP contribution in [0.2, 0.25) is 0 Å². The fraction of sp³-hybridized carbons (Fsp3) is 0.222. The first-order valence-corrected chi connectivity index (χ1v) is 7.65. The van der Waals surface area contributed by atoms with E-state index in [1.807, 2.05) is 37.4 Å². The maximum Gasteiger partial charge on any atom is 0.253 e. The van der Waals surface area contributed by atoms with Crippen molar-refractivity contribution >= 4 is 22.5 Å². The van der Waals surface area contributed by atoms with Gasteiger partial charge in [0.2, 0.25) is 0 Å². The van der Waals surface area contributed by atoms with Crippen LogP contribution in [0.25, 0.3) is 10.9 Å². The Morgan fingerprint density at radius 1 is 1.22 bits per heavy atom. The van der Waals surface area contributed by atoms with Crippen molar-refractivity contribution in [1.29, 1.82) is 0 Å². The van der Waals surface area contributed by atoms with Gasteiger partial charge in [0.1, 0.15) is 0 Å². The molecule has 3 rings (SSSR count). The summed E-state index contributed by atoms with van der Waals surface area (Å²) in [5.74, 6) is -0.0897. The minimum atomic E-state index is -0.0897. The van der Waals surface area contributed by atoms with Crippen molar-refractivity contribution in [3.63, 3.8) is 0 Å². The van der Waals surface area contributed by atoms with Crippen molar-refractivity contribution in [2.75, 3.05) is 18.5 Å². The molecule has 0 bridgehead atoms. The average molecular weight is 308 g/mol. The van der Waals surface area contributed by atoms with Crippen LogP contribution < -0.4 is 10.2 Å². The van der Waals surface area contributed by atoms with Gasteiger partial charge in [-0.05, 0) is 25.1 Å². The molecule has 0 fully saturated rings. The number of hydrogen-bond donors (Lipinski definition) is 2. The molecule has 5 nitrogen and oxygen atoms in total. The lowest BCUT2D eigenvalue weighted by Gasteiger charge is -2.27. The number of rotatable bonds is 5. The number of carbonyl (C=O) groups is 1. The van der Waals surface area contributed by atoms with Crippen molar-refractivity contribution in [1.82, 2.24) is 15.5 Å². The lowest BCUT2D eigenvalue weighted by molar-refractivity contribution is 0.0953. The number of carbonyl (C=O) groups excluding carboxylic acids is 1. The Hall–Kier alpha value is -2.82. The van der Waals surface area contributed by atoms with Gasteiger partial charge < -0.3 is 10.2 Å². The summed E-state index contributed by atoms with van der Waals surface area (Å²) in [5.41, 5.74) is 2.52. The Kier molecular flexibility index (Phi) is 4.28. The molecule has 0 aliphatic rings. The van der Waals surface area contributed by atoms with E-state index < -0.39 is 0 Å². The van der Waals surface area contributed by atoms with Gasteiger partial charge in [-0.1, -0.05) is 30.3 Å². The Labute approximate surface area is 135 Å². The first kappa shape index (κ1) is 15.1. The first-order valence-electron chi connectivity index (χ1n) is 7.65. The number of benzene rings is 2. The summed E-state index contributed by atoms with van der Waals surface area (Å²) in [4.78, 5) is 14.6. The number of hydrogen-bond acceptors (Lipinski definition) is 3. The lowest BCUT2D eigenvalue weighted by Crippen LogP contribution is -2.40. The second-order valence-electron chi connectivity index (χ2n) is 5.65. The molecule has 2 aromatic carbocycles. The minimum Gasteiger partial charge on any atom is -0.370 e. The van der Waals surface area contributed by atoms with Crippen LogP contribution in [-0.2, 0) is 0 Å². The zero-order valence-corrected chi connectivity index (χ0v) is 13.3. The molecule has 0 aliphatic carbocycles. The van der Waals surface area contributed by atoms with Crippen LogP contribution in [0.3, 0.4) is 0 Å². The number of nitrogens with zero attached hydrogens (tertiary/aromatic N) is 2. The van der Waals surface area contributed by atoms with Crippen molar-refractivity contribution in [3.8, 4) is 0 Å². The third kappa shape index (κ3) is 3.18. The molecule has 118 valence electrons. The van der Waals surface area contributed by atoms with Crippen LogP contribution in [0.1, 0.15) is 17.3 Å². The van der Waals surface area contributed by atoms with Gasteiger partial charge in [0, 0.05) is 30.7 Å². The molecule has 0 spiro atoms. The number of aromatic amines is 1. The van der Waals surface area contributed by atoms with E-state index in [0.717, 1.165) is 16.6 Å². The van der Waals surface area contributed by atoms with Gasteiger partial charge in [0.05, 0.1) is 17.3 Å². The van der Waals surface area contributed by atoms with E-state index in [1.54, 1.807) is 12.3 Å². The number of nitrogens with one attached hydrogen (secondary N) is 2. The molecule has 2 N–H and O–H groups in total. The predicted octanol–water partition coefficient (Wildman–Crippen LogP) is 2.82. The zero-order valence-electron chi connectivity index (χ0n) is 13.3. The van der Waals surface area contributed by atoms with E-state index in [1.165, 1.54) is 0 Å². The highest BCUT2D eigenvalue weighted by atomic mass is 16.1. The molecule has 1 heterocycles. The third-order valence-electron chi connectivity index (χ3n) is 4.10. The Balaban J connectivity index is 1.66. The molecular weight excluding hydrogens is 288 g/mol. The number of anilines is 1. The number of aromatic nitrogens is 2. The van der Waals surface area contributed by atoms with Crippen LogP contribution in [-0.4, -0.2) is 35.7 Å². The van der Waals surface area contributed by atoms with Crippen molar-refractivity contribution in [2.45, 2.75) is 13.0 Å². The summed E-state index contributed by atoms with van der Waals surface area (Å²) in [7, 11) is 2.03. The highest BCUT2D eigenvalue weighted by Crippen LogP contribution is 2.16. The topological polar surface area (TPSA) is 61.0 Å². The summed E-state index contributed by atoms with van der Waals surface area (Å²) < 4.78 is 0. The fourth-order valence-corrected chi connectivity index (χ4v) is 2.55. The van der Waals surface area contributed by atoms with Crippen LogP contribution in [0.5, 0.6) is 0 Å². The quantitative estimate of drug-likeness (QED) is 0.762. The largest absolute Gasteiger partial charge is 0.370 e. The van der Waals surface area contributed by atoms with Crippen LogP contribution >= 0.6 is 0 Å². The smallest absolute Gasteiger partial charge is 0.253 e. The maximum absolute atomic E-state index is 12.4. The van der Waals surface area contributed by atoms with Crippen molar-refractivity contribution in [3.05, 3.63) is 60.3 Å². The number of fused-ring (bicyclic) bond motifs is 1. The first-order chi connectivity index (χ1) is 11.2. The molecular formula is C18H20N4O. The summed E-state index contributed by atoms with van der Waals surface area (Å²) in [6.45, 7) is 2.65. The van der Waals surface area contributed by atoms with Gasteiger partial charge in [-0.2, -0.15) is 5.10 Å². The lowest BCUT2D eigenvalue weighted by atomic mass is 10.1. The molecule has 23 heavy (non-hydrogen) atoms. The van der Waals surface area contributed by atoms with E-state index in [4.69, 9.17) is 0 Å². The van der Waals surface area contributed by atoms with Gasteiger partial charge >= 0.3 is 0 Å². The standard InChI is InChI=1S/C18H20N4O/c1-13(22(2)15-8-4-3-5-9-15)11-19-18(23)16-10-6-7-14-12-20-21-17(14)16/h3-10,12-13H,11H2,1-2H3,(H,19,23)(H,20,21). The van der Waals surface area contributed by atoms with E-state index in [0.29, 0.717) is 12.1 Å². The molecule has 0 radical (unpaired) electrons. The zero-order chi connectivity index (χ0) is 16.2. The monoisotopic (exact) mass is 308 g/mol. The number of likely N-dealkylation sites (N-methyl/N-ethyl adjacent to an activating group) is 1. The van der Waals surface area contributed by atoms with E-state index in [-0.39, 0.29) is 11.9 Å². The molecule has 1 aromatic heterocycles. The van der Waals surface area contributed by atoms with Crippen LogP contribution in [0.15, 0.2) is 54.7 Å². The molecule has 5 heteroatoms. The fourth-order valence-electron chi connectivity index (χ4n) is 2.55. The molecule has 0 saturated carbocycles. The molecule has 1 unspecified atom stereocenters. The SMILES string of the molecule is CC(CNC(=O)c1cccc2cn[nH]c12)N(C)c1ccccc1. The van der Waals surface area contributed by atoms with Crippen molar-refractivity contribution in [2.24, 2.45) is 0 Å². The van der Waals surface area contributed by atoms with Gasteiger partial charge in [-0.3, -0.25) is 9.89 Å². The highest BCUT2D eigenvalue weighted by molar-refractivity contribution is 6.05. The molecule has 1 atom stereocenters. The van der Waals surface area contributed by atoms with Crippen molar-refractivity contribution < 1.29 is 4.79 Å². The summed E-state index contributed by atoms with van der Waals surface area (Å²) in [6.07, 6.45) is 1.72. The van der Waals surface area contributed by atoms with Gasteiger partial charge in [0.15, 0.2) is 0 Å². The Bertz CT molecular complexity index is 797. The van der Waals surface area contributed by atoms with Gasteiger partial charge in [0.25, 0.3) is 5.91 Å². The van der Waals surface area contributed by atoms with Gasteiger partial charge in [-0.15, -0.1) is 0 Å². The minimum absolute atomic E-state index is 0.0897. The van der Waals surface area contributed by atoms with E-state index >= 15 is 0 Å². The van der Waals surface area contributed by atoms with Crippen LogP contribution in [0, 0.1) is 0 Å². The average Bonchev–Trinajstić information content (AvgIpc) is 3.08.